The van der Waals surface area contributed by atoms with E-state index in [2.05, 4.69) is 0 Å². The molecule has 12 heavy (non-hydrogen) atoms. The number of rotatable bonds is 1. The summed E-state index contributed by atoms with van der Waals surface area (Å²) in [4.78, 5) is 0. The van der Waals surface area contributed by atoms with Crippen LogP contribution < -0.4 is 5.46 Å². The fraction of sp³-hybridized carbons (Fsp3) is 0.143. The van der Waals surface area contributed by atoms with Gasteiger partial charge in [-0.05, 0) is 24.6 Å². The van der Waals surface area contributed by atoms with E-state index in [4.69, 9.17) is 21.6 Å². The highest BCUT2D eigenvalue weighted by Gasteiger charge is 2.18. The minimum Gasteiger partial charge on any atom is -0.423 e. The molecule has 64 valence electrons. The van der Waals surface area contributed by atoms with Crippen LogP contribution in [0.3, 0.4) is 0 Å². The lowest BCUT2D eigenvalue weighted by atomic mass is 9.79. The first-order valence-corrected chi connectivity index (χ1v) is 3.72. The van der Waals surface area contributed by atoms with Crippen LogP contribution in [0.15, 0.2) is 12.1 Å². The van der Waals surface area contributed by atoms with Gasteiger partial charge in [0, 0.05) is 10.5 Å². The van der Waals surface area contributed by atoms with Gasteiger partial charge in [0.25, 0.3) is 0 Å². The first-order valence-electron chi connectivity index (χ1n) is 3.34. The topological polar surface area (TPSA) is 40.5 Å². The smallest absolute Gasteiger partial charge is 0.423 e. The summed E-state index contributed by atoms with van der Waals surface area (Å²) >= 11 is 5.58. The van der Waals surface area contributed by atoms with E-state index in [1.807, 2.05) is 0 Å². The van der Waals surface area contributed by atoms with Crippen molar-refractivity contribution in [3.8, 4) is 0 Å². The van der Waals surface area contributed by atoms with Gasteiger partial charge in [0.05, 0.1) is 0 Å². The Morgan fingerprint density at radius 3 is 2.50 bits per heavy atom. The van der Waals surface area contributed by atoms with Crippen LogP contribution in [0.25, 0.3) is 0 Å². The lowest BCUT2D eigenvalue weighted by molar-refractivity contribution is 0.423. The molecular weight excluding hydrogens is 181 g/mol. The van der Waals surface area contributed by atoms with Crippen molar-refractivity contribution >= 4 is 24.2 Å². The van der Waals surface area contributed by atoms with Gasteiger partial charge in [-0.2, -0.15) is 0 Å². The normalized spacial score (nSPS) is 10.1. The second-order valence-electron chi connectivity index (χ2n) is 2.50. The van der Waals surface area contributed by atoms with E-state index >= 15 is 0 Å². The predicted octanol–water partition coefficient (Wildman–Crippen LogP) is 0.467. The third-order valence-corrected chi connectivity index (χ3v) is 1.74. The summed E-state index contributed by atoms with van der Waals surface area (Å²) in [5, 5.41) is 17.7. The summed E-state index contributed by atoms with van der Waals surface area (Å²) < 4.78 is 13.1. The van der Waals surface area contributed by atoms with Gasteiger partial charge in [-0.15, -0.1) is 0 Å². The Morgan fingerprint density at radius 2 is 2.00 bits per heavy atom. The summed E-state index contributed by atoms with van der Waals surface area (Å²) in [7, 11) is -1.82. The molecule has 1 aromatic carbocycles. The Labute approximate surface area is 74.7 Å². The van der Waals surface area contributed by atoms with Crippen molar-refractivity contribution in [1.29, 1.82) is 0 Å². The molecule has 5 heteroatoms. The van der Waals surface area contributed by atoms with Crippen molar-refractivity contribution in [1.82, 2.24) is 0 Å². The maximum atomic E-state index is 13.1. The molecule has 0 unspecified atom stereocenters. The van der Waals surface area contributed by atoms with Gasteiger partial charge in [0.2, 0.25) is 0 Å². The van der Waals surface area contributed by atoms with Gasteiger partial charge in [-0.25, -0.2) is 4.39 Å². The van der Waals surface area contributed by atoms with E-state index < -0.39 is 12.9 Å². The summed E-state index contributed by atoms with van der Waals surface area (Å²) in [6, 6.07) is 2.61. The Bertz CT molecular complexity index is 304. The van der Waals surface area contributed by atoms with E-state index in [1.165, 1.54) is 19.1 Å². The highest BCUT2D eigenvalue weighted by atomic mass is 35.5. The van der Waals surface area contributed by atoms with Gasteiger partial charge >= 0.3 is 7.12 Å². The zero-order valence-corrected chi connectivity index (χ0v) is 7.14. The lowest BCUT2D eigenvalue weighted by Gasteiger charge is -2.04. The van der Waals surface area contributed by atoms with Gasteiger partial charge in [-0.3, -0.25) is 0 Å². The Hall–Kier alpha value is -0.575. The van der Waals surface area contributed by atoms with Crippen molar-refractivity contribution in [2.45, 2.75) is 6.92 Å². The monoisotopic (exact) mass is 188 g/mol. The zero-order chi connectivity index (χ0) is 9.30. The molecule has 1 aromatic rings. The first kappa shape index (κ1) is 9.51. The maximum Gasteiger partial charge on any atom is 0.491 e. The van der Waals surface area contributed by atoms with Crippen molar-refractivity contribution in [3.05, 3.63) is 28.5 Å². The maximum absolute atomic E-state index is 13.1. The van der Waals surface area contributed by atoms with Crippen molar-refractivity contribution in [2.24, 2.45) is 0 Å². The molecule has 0 radical (unpaired) electrons. The molecule has 0 spiro atoms. The number of hydrogen-bond donors (Lipinski definition) is 2. The van der Waals surface area contributed by atoms with Gasteiger partial charge in [0.15, 0.2) is 0 Å². The first-order chi connectivity index (χ1) is 5.52. The molecule has 0 saturated carbocycles. The number of halogens is 2. The van der Waals surface area contributed by atoms with Crippen LogP contribution in [0, 0.1) is 12.7 Å². The predicted molar refractivity (Wildman–Crippen MR) is 46.0 cm³/mol. The van der Waals surface area contributed by atoms with Crippen LogP contribution in [0.4, 0.5) is 4.39 Å². The van der Waals surface area contributed by atoms with E-state index in [9.17, 15) is 4.39 Å². The van der Waals surface area contributed by atoms with Crippen LogP contribution in [0.2, 0.25) is 5.02 Å². The number of benzene rings is 1. The largest absolute Gasteiger partial charge is 0.491 e. The highest BCUT2D eigenvalue weighted by molar-refractivity contribution is 6.59. The molecule has 0 fully saturated rings. The van der Waals surface area contributed by atoms with Gasteiger partial charge in [0.1, 0.15) is 5.82 Å². The number of hydrogen-bond acceptors (Lipinski definition) is 2. The summed E-state index contributed by atoms with van der Waals surface area (Å²) in [5.74, 6) is -0.630. The quantitative estimate of drug-likeness (QED) is 0.629. The lowest BCUT2D eigenvalue weighted by Crippen LogP contribution is -2.33. The van der Waals surface area contributed by atoms with E-state index in [0.717, 1.165) is 0 Å². The Balaban J connectivity index is 3.28. The average molecular weight is 188 g/mol. The number of aryl methyl sites for hydroxylation is 1. The Kier molecular flexibility index (Phi) is 2.72. The standard InChI is InChI=1S/C7H7BClFO2/c1-4-2-5(9)3-6(7(4)10)8(11)12/h2-3,11-12H,1H3. The van der Waals surface area contributed by atoms with Crippen molar-refractivity contribution in [2.75, 3.05) is 0 Å². The molecule has 2 N–H and O–H groups in total. The third kappa shape index (κ3) is 1.77. The fourth-order valence-electron chi connectivity index (χ4n) is 0.939. The molecule has 2 nitrogen and oxygen atoms in total. The van der Waals surface area contributed by atoms with Gasteiger partial charge < -0.3 is 10.0 Å². The van der Waals surface area contributed by atoms with E-state index in [0.29, 0.717) is 5.56 Å². The molecule has 0 aromatic heterocycles. The molecule has 0 bridgehead atoms. The second-order valence-corrected chi connectivity index (χ2v) is 2.94. The minimum atomic E-state index is -1.82. The molecule has 0 aliphatic carbocycles. The summed E-state index contributed by atoms with van der Waals surface area (Å²) in [6.07, 6.45) is 0. The van der Waals surface area contributed by atoms with Crippen LogP contribution in [-0.2, 0) is 0 Å². The van der Waals surface area contributed by atoms with Gasteiger partial charge in [-0.1, -0.05) is 11.6 Å². The molecule has 0 atom stereocenters. The average Bonchev–Trinajstić information content (AvgIpc) is 1.96. The SMILES string of the molecule is Cc1cc(Cl)cc(B(O)O)c1F. The Morgan fingerprint density at radius 1 is 1.42 bits per heavy atom. The molecule has 0 aliphatic rings. The molecule has 1 rings (SSSR count). The van der Waals surface area contributed by atoms with Crippen molar-refractivity contribution < 1.29 is 14.4 Å². The van der Waals surface area contributed by atoms with E-state index in [-0.39, 0.29) is 10.5 Å². The van der Waals surface area contributed by atoms with Crippen molar-refractivity contribution in [3.63, 3.8) is 0 Å². The van der Waals surface area contributed by atoms with Crippen LogP contribution in [-0.4, -0.2) is 17.2 Å². The van der Waals surface area contributed by atoms with Crippen LogP contribution in [0.1, 0.15) is 5.56 Å². The molecule has 0 aliphatic heterocycles. The summed E-state index contributed by atoms with van der Waals surface area (Å²) in [6.45, 7) is 1.51. The van der Waals surface area contributed by atoms with Crippen LogP contribution in [0.5, 0.6) is 0 Å². The second kappa shape index (κ2) is 3.43. The molecule has 0 saturated heterocycles. The minimum absolute atomic E-state index is 0.194. The fourth-order valence-corrected chi connectivity index (χ4v) is 1.22. The van der Waals surface area contributed by atoms with E-state index in [1.54, 1.807) is 0 Å². The summed E-state index contributed by atoms with van der Waals surface area (Å²) in [5.41, 5.74) is 0.102. The molecular formula is C7H7BClFO2. The molecule has 0 heterocycles. The van der Waals surface area contributed by atoms with Crippen LogP contribution >= 0.6 is 11.6 Å². The molecule has 0 amide bonds. The third-order valence-electron chi connectivity index (χ3n) is 1.53. The highest BCUT2D eigenvalue weighted by Crippen LogP contribution is 2.12. The zero-order valence-electron chi connectivity index (χ0n) is 6.38.